The largest absolute Gasteiger partial charge is 0.461 e. The van der Waals surface area contributed by atoms with Crippen molar-refractivity contribution in [3.05, 3.63) is 36.7 Å². The van der Waals surface area contributed by atoms with E-state index < -0.39 is 0 Å². The van der Waals surface area contributed by atoms with Crippen LogP contribution in [-0.4, -0.2) is 0 Å². The van der Waals surface area contributed by atoms with Gasteiger partial charge < -0.3 is 10.1 Å². The fourth-order valence-electron chi connectivity index (χ4n) is 0.857. The molecule has 0 unspecified atom stereocenters. The van der Waals surface area contributed by atoms with E-state index in [1.165, 1.54) is 0 Å². The molecule has 10 heavy (non-hydrogen) atoms. The number of hydrogen-bond donors (Lipinski definition) is 1. The van der Waals surface area contributed by atoms with E-state index in [0.29, 0.717) is 0 Å². The van der Waals surface area contributed by atoms with Gasteiger partial charge in [0.2, 0.25) is 0 Å². The second-order valence-corrected chi connectivity index (χ2v) is 1.97. The standard InChI is InChI=1S/C8H6NO/c1-2-4-8-7(3-1)9-5-6-10-8/h1-2,4-6,9H. The van der Waals surface area contributed by atoms with Gasteiger partial charge in [0.15, 0.2) is 5.75 Å². The predicted octanol–water partition coefficient (Wildman–Crippen LogP) is 1.76. The molecule has 0 aromatic heterocycles. The normalized spacial score (nSPS) is 13.2. The number of hydrogen-bond acceptors (Lipinski definition) is 2. The molecule has 0 aliphatic carbocycles. The molecule has 0 saturated carbocycles. The Balaban J connectivity index is 2.47. The third-order valence-electron chi connectivity index (χ3n) is 1.31. The first-order chi connectivity index (χ1) is 4.97. The first-order valence-electron chi connectivity index (χ1n) is 3.06. The van der Waals surface area contributed by atoms with Crippen molar-refractivity contribution in [2.45, 2.75) is 0 Å². The highest BCUT2D eigenvalue weighted by Gasteiger charge is 2.02. The summed E-state index contributed by atoms with van der Waals surface area (Å²) in [5.74, 6) is 0.824. The summed E-state index contributed by atoms with van der Waals surface area (Å²) in [6, 6.07) is 8.62. The molecule has 0 atom stereocenters. The molecule has 0 saturated heterocycles. The number of para-hydroxylation sites is 1. The van der Waals surface area contributed by atoms with Crippen LogP contribution in [0.25, 0.3) is 0 Å². The quantitative estimate of drug-likeness (QED) is 0.580. The molecule has 1 aliphatic heterocycles. The maximum Gasteiger partial charge on any atom is 0.150 e. The molecule has 1 N–H and O–H groups in total. The number of nitrogens with one attached hydrogen (secondary N) is 1. The molecular formula is C8H6NO. The van der Waals surface area contributed by atoms with Gasteiger partial charge in [-0.1, -0.05) is 12.1 Å². The lowest BCUT2D eigenvalue weighted by atomic mass is 10.3. The Morgan fingerprint density at radius 2 is 2.50 bits per heavy atom. The fourth-order valence-corrected chi connectivity index (χ4v) is 0.857. The SMILES string of the molecule is [c]1cccc2c1NC=CO2. The van der Waals surface area contributed by atoms with Crippen LogP contribution in [0.15, 0.2) is 30.7 Å². The first kappa shape index (κ1) is 5.35. The first-order valence-corrected chi connectivity index (χ1v) is 3.06. The van der Waals surface area contributed by atoms with E-state index in [2.05, 4.69) is 11.4 Å². The fraction of sp³-hybridized carbons (Fsp3) is 0. The number of benzene rings is 1. The van der Waals surface area contributed by atoms with Gasteiger partial charge in [0.1, 0.15) is 6.26 Å². The molecule has 0 spiro atoms. The molecule has 49 valence electrons. The summed E-state index contributed by atoms with van der Waals surface area (Å²) in [5, 5.41) is 3.00. The van der Waals surface area contributed by atoms with Gasteiger partial charge in [-0.05, 0) is 6.07 Å². The lowest BCUT2D eigenvalue weighted by molar-refractivity contribution is 0.477. The minimum atomic E-state index is 0.824. The van der Waals surface area contributed by atoms with E-state index in [1.807, 2.05) is 18.2 Å². The molecule has 1 aromatic carbocycles. The number of rotatable bonds is 0. The molecule has 1 radical (unpaired) electrons. The second-order valence-electron chi connectivity index (χ2n) is 1.97. The third-order valence-corrected chi connectivity index (χ3v) is 1.31. The summed E-state index contributed by atoms with van der Waals surface area (Å²) in [4.78, 5) is 0. The van der Waals surface area contributed by atoms with Gasteiger partial charge in [0, 0.05) is 12.3 Å². The van der Waals surface area contributed by atoms with Gasteiger partial charge in [-0.3, -0.25) is 0 Å². The highest BCUT2D eigenvalue weighted by Crippen LogP contribution is 2.25. The van der Waals surface area contributed by atoms with E-state index in [4.69, 9.17) is 4.74 Å². The van der Waals surface area contributed by atoms with Crippen molar-refractivity contribution in [3.8, 4) is 5.75 Å². The number of anilines is 1. The van der Waals surface area contributed by atoms with E-state index in [0.717, 1.165) is 11.4 Å². The average molecular weight is 132 g/mol. The van der Waals surface area contributed by atoms with E-state index in [9.17, 15) is 0 Å². The van der Waals surface area contributed by atoms with Gasteiger partial charge in [0.05, 0.1) is 5.69 Å². The molecule has 2 rings (SSSR count). The summed E-state index contributed by atoms with van der Waals surface area (Å²) in [5.41, 5.74) is 0.894. The predicted molar refractivity (Wildman–Crippen MR) is 38.7 cm³/mol. The van der Waals surface area contributed by atoms with E-state index in [1.54, 1.807) is 12.5 Å². The summed E-state index contributed by atoms with van der Waals surface area (Å²) in [7, 11) is 0. The minimum Gasteiger partial charge on any atom is -0.461 e. The molecule has 0 fully saturated rings. The van der Waals surface area contributed by atoms with Crippen LogP contribution in [0.1, 0.15) is 0 Å². The Morgan fingerprint density at radius 1 is 1.50 bits per heavy atom. The lowest BCUT2D eigenvalue weighted by Crippen LogP contribution is -1.98. The molecule has 2 nitrogen and oxygen atoms in total. The van der Waals surface area contributed by atoms with Gasteiger partial charge in [-0.15, -0.1) is 0 Å². The zero-order valence-corrected chi connectivity index (χ0v) is 5.29. The number of ether oxygens (including phenoxy) is 1. The van der Waals surface area contributed by atoms with Crippen LogP contribution in [0, 0.1) is 6.07 Å². The maximum absolute atomic E-state index is 5.15. The van der Waals surface area contributed by atoms with Gasteiger partial charge in [-0.2, -0.15) is 0 Å². The monoisotopic (exact) mass is 132 g/mol. The van der Waals surface area contributed by atoms with Gasteiger partial charge in [-0.25, -0.2) is 0 Å². The molecular weight excluding hydrogens is 126 g/mol. The molecule has 1 aromatic rings. The highest BCUT2D eigenvalue weighted by atomic mass is 16.5. The van der Waals surface area contributed by atoms with Gasteiger partial charge in [0.25, 0.3) is 0 Å². The smallest absolute Gasteiger partial charge is 0.150 e. The van der Waals surface area contributed by atoms with Crippen molar-refractivity contribution in [3.63, 3.8) is 0 Å². The van der Waals surface area contributed by atoms with Crippen molar-refractivity contribution in [2.75, 3.05) is 5.32 Å². The van der Waals surface area contributed by atoms with Crippen molar-refractivity contribution >= 4 is 5.69 Å². The Hall–Kier alpha value is -1.44. The lowest BCUT2D eigenvalue weighted by Gasteiger charge is -2.11. The minimum absolute atomic E-state index is 0.824. The Labute approximate surface area is 59.1 Å². The molecule has 0 bridgehead atoms. The van der Waals surface area contributed by atoms with Crippen LogP contribution in [-0.2, 0) is 0 Å². The maximum atomic E-state index is 5.15. The van der Waals surface area contributed by atoms with Crippen LogP contribution in [0.4, 0.5) is 5.69 Å². The summed E-state index contributed by atoms with van der Waals surface area (Å²) < 4.78 is 5.15. The van der Waals surface area contributed by atoms with Crippen LogP contribution >= 0.6 is 0 Å². The highest BCUT2D eigenvalue weighted by molar-refractivity contribution is 5.58. The van der Waals surface area contributed by atoms with Gasteiger partial charge >= 0.3 is 0 Å². The van der Waals surface area contributed by atoms with Crippen LogP contribution in [0.2, 0.25) is 0 Å². The molecule has 2 heteroatoms. The van der Waals surface area contributed by atoms with Crippen molar-refractivity contribution in [1.29, 1.82) is 0 Å². The Kier molecular flexibility index (Phi) is 1.10. The van der Waals surface area contributed by atoms with Crippen LogP contribution < -0.4 is 10.1 Å². The zero-order valence-electron chi connectivity index (χ0n) is 5.29. The second kappa shape index (κ2) is 2.06. The van der Waals surface area contributed by atoms with Crippen LogP contribution in [0.5, 0.6) is 5.75 Å². The van der Waals surface area contributed by atoms with E-state index >= 15 is 0 Å². The third kappa shape index (κ3) is 0.739. The molecule has 0 amide bonds. The summed E-state index contributed by atoms with van der Waals surface area (Å²) in [6.07, 6.45) is 3.34. The Bertz CT molecular complexity index is 241. The average Bonchev–Trinajstić information content (AvgIpc) is 2.05. The van der Waals surface area contributed by atoms with Crippen molar-refractivity contribution in [2.24, 2.45) is 0 Å². The number of fused-ring (bicyclic) bond motifs is 1. The van der Waals surface area contributed by atoms with E-state index in [-0.39, 0.29) is 0 Å². The summed E-state index contributed by atoms with van der Waals surface area (Å²) in [6.45, 7) is 0. The molecule has 1 aliphatic rings. The molecule has 1 heterocycles. The van der Waals surface area contributed by atoms with Crippen molar-refractivity contribution < 1.29 is 4.74 Å². The van der Waals surface area contributed by atoms with Crippen molar-refractivity contribution in [1.82, 2.24) is 0 Å². The topological polar surface area (TPSA) is 21.3 Å². The summed E-state index contributed by atoms with van der Waals surface area (Å²) >= 11 is 0. The Morgan fingerprint density at radius 3 is 3.40 bits per heavy atom. The zero-order chi connectivity index (χ0) is 6.81. The van der Waals surface area contributed by atoms with Crippen LogP contribution in [0.3, 0.4) is 0 Å².